The van der Waals surface area contributed by atoms with Gasteiger partial charge < -0.3 is 5.73 Å². The minimum atomic E-state index is -3.47. The molecule has 1 aromatic heterocycles. The fourth-order valence-electron chi connectivity index (χ4n) is 4.78. The van der Waals surface area contributed by atoms with Gasteiger partial charge in [0.15, 0.2) is 10.9 Å². The van der Waals surface area contributed by atoms with Crippen LogP contribution in [0.4, 0.5) is 5.13 Å². The number of carbonyl (C=O) groups excluding carboxylic acids is 1. The molecular weight excluding hydrogens is 636 g/mol. The zero-order valence-electron chi connectivity index (χ0n) is 21.9. The van der Waals surface area contributed by atoms with Crippen LogP contribution >= 0.6 is 27.3 Å². The SMILES string of the molecule is Nc1nc(-c2ccc(S(=O)(=O)NC3CCCC3)cc2)cs1.O=C(CBr)c1ccc(S(=O)(=O)NC2CCCC2)cc1. The van der Waals surface area contributed by atoms with Crippen LogP contribution in [0.5, 0.6) is 0 Å². The lowest BCUT2D eigenvalue weighted by molar-refractivity contribution is 0.102. The van der Waals surface area contributed by atoms with Crippen molar-refractivity contribution in [1.29, 1.82) is 0 Å². The van der Waals surface area contributed by atoms with Crippen molar-refractivity contribution in [3.8, 4) is 11.3 Å². The van der Waals surface area contributed by atoms with Crippen molar-refractivity contribution < 1.29 is 21.6 Å². The molecule has 2 fully saturated rings. The van der Waals surface area contributed by atoms with Crippen LogP contribution in [0.15, 0.2) is 63.7 Å². The number of hydrogen-bond acceptors (Lipinski definition) is 8. The Labute approximate surface area is 248 Å². The van der Waals surface area contributed by atoms with Crippen LogP contribution in [-0.4, -0.2) is 45.0 Å². The molecule has 0 unspecified atom stereocenters. The molecule has 2 aliphatic carbocycles. The van der Waals surface area contributed by atoms with E-state index in [2.05, 4.69) is 30.4 Å². The van der Waals surface area contributed by atoms with E-state index in [-0.39, 0.29) is 28.1 Å². The lowest BCUT2D eigenvalue weighted by Crippen LogP contribution is -2.32. The number of nitrogens with zero attached hydrogens (tertiary/aromatic N) is 1. The summed E-state index contributed by atoms with van der Waals surface area (Å²) in [6, 6.07) is 12.9. The Balaban J connectivity index is 0.000000186. The molecule has 1 heterocycles. The molecule has 2 saturated carbocycles. The largest absolute Gasteiger partial charge is 0.375 e. The van der Waals surface area contributed by atoms with Gasteiger partial charge in [-0.25, -0.2) is 31.3 Å². The minimum Gasteiger partial charge on any atom is -0.375 e. The molecule has 0 spiro atoms. The number of ketones is 1. The Bertz CT molecular complexity index is 1500. The summed E-state index contributed by atoms with van der Waals surface area (Å²) in [4.78, 5) is 16.1. The zero-order valence-corrected chi connectivity index (χ0v) is 25.9. The van der Waals surface area contributed by atoms with Gasteiger partial charge in [0.25, 0.3) is 0 Å². The number of rotatable bonds is 9. The van der Waals surface area contributed by atoms with Crippen LogP contribution in [0.3, 0.4) is 0 Å². The monoisotopic (exact) mass is 668 g/mol. The topological polar surface area (TPSA) is 148 Å². The molecule has 216 valence electrons. The summed E-state index contributed by atoms with van der Waals surface area (Å²) in [5.74, 6) is -0.0623. The molecule has 0 radical (unpaired) electrons. The number of aromatic nitrogens is 1. The second kappa shape index (κ2) is 13.7. The van der Waals surface area contributed by atoms with E-state index in [4.69, 9.17) is 5.73 Å². The number of Topliss-reactive ketones (excluding diaryl/α,β-unsaturated/α-hetero) is 1. The summed E-state index contributed by atoms with van der Waals surface area (Å²) >= 11 is 4.45. The highest BCUT2D eigenvalue weighted by Gasteiger charge is 2.24. The van der Waals surface area contributed by atoms with Crippen molar-refractivity contribution >= 4 is 58.2 Å². The van der Waals surface area contributed by atoms with Crippen molar-refractivity contribution in [2.45, 2.75) is 73.2 Å². The first-order valence-electron chi connectivity index (χ1n) is 13.1. The fourth-order valence-corrected chi connectivity index (χ4v) is 8.29. The molecule has 9 nitrogen and oxygen atoms in total. The number of nitrogen functional groups attached to an aromatic ring is 1. The van der Waals surface area contributed by atoms with E-state index in [1.54, 1.807) is 36.4 Å². The molecule has 0 atom stereocenters. The third-order valence-corrected chi connectivity index (χ3v) is 11.2. The molecule has 0 saturated heterocycles. The number of alkyl halides is 1. The number of sulfonamides is 2. The number of anilines is 1. The Kier molecular flexibility index (Phi) is 10.5. The standard InChI is InChI=1S/C14H17N3O2S2.C13H16BrNO3S/c15-14-16-13(9-20-14)10-5-7-12(8-6-10)21(18,19)17-11-3-1-2-4-11;14-9-13(16)10-5-7-12(8-6-10)19(17,18)15-11-3-1-2-4-11/h5-9,11,17H,1-4H2,(H2,15,16);5-8,11,15H,1-4,9H2. The lowest BCUT2D eigenvalue weighted by Gasteiger charge is -2.12. The third-order valence-electron chi connectivity index (χ3n) is 6.94. The van der Waals surface area contributed by atoms with Gasteiger partial charge in [-0.2, -0.15) is 0 Å². The smallest absolute Gasteiger partial charge is 0.240 e. The summed E-state index contributed by atoms with van der Waals surface area (Å²) in [5.41, 5.74) is 7.75. The summed E-state index contributed by atoms with van der Waals surface area (Å²) < 4.78 is 54.3. The summed E-state index contributed by atoms with van der Waals surface area (Å²) in [6.45, 7) is 0. The van der Waals surface area contributed by atoms with Gasteiger partial charge in [-0.1, -0.05) is 65.9 Å². The number of hydrogen-bond donors (Lipinski definition) is 3. The molecular formula is C27H33BrN4O5S3. The van der Waals surface area contributed by atoms with E-state index < -0.39 is 20.0 Å². The van der Waals surface area contributed by atoms with Crippen molar-refractivity contribution in [2.24, 2.45) is 0 Å². The molecule has 4 N–H and O–H groups in total. The summed E-state index contributed by atoms with van der Waals surface area (Å²) in [5, 5.41) is 2.60. The average Bonchev–Trinajstić information content (AvgIpc) is 3.73. The van der Waals surface area contributed by atoms with Crippen molar-refractivity contribution in [2.75, 3.05) is 11.1 Å². The maximum Gasteiger partial charge on any atom is 0.240 e. The highest BCUT2D eigenvalue weighted by atomic mass is 79.9. The molecule has 3 aromatic rings. The molecule has 40 heavy (non-hydrogen) atoms. The Hall–Kier alpha value is -2.16. The second-order valence-electron chi connectivity index (χ2n) is 9.88. The van der Waals surface area contributed by atoms with E-state index >= 15 is 0 Å². The van der Waals surface area contributed by atoms with E-state index in [1.165, 1.54) is 23.5 Å². The molecule has 2 aliphatic rings. The van der Waals surface area contributed by atoms with Crippen LogP contribution < -0.4 is 15.2 Å². The first kappa shape index (κ1) is 30.8. The quantitative estimate of drug-likeness (QED) is 0.212. The van der Waals surface area contributed by atoms with Gasteiger partial charge in [-0.05, 0) is 49.9 Å². The van der Waals surface area contributed by atoms with Crippen molar-refractivity contribution in [3.63, 3.8) is 0 Å². The third kappa shape index (κ3) is 8.20. The van der Waals surface area contributed by atoms with E-state index in [0.29, 0.717) is 15.6 Å². The molecule has 0 amide bonds. The van der Waals surface area contributed by atoms with Gasteiger partial charge in [-0.3, -0.25) is 4.79 Å². The Morgan fingerprint density at radius 3 is 1.68 bits per heavy atom. The van der Waals surface area contributed by atoms with Gasteiger partial charge in [0.2, 0.25) is 20.0 Å². The number of carbonyl (C=O) groups is 1. The predicted octanol–water partition coefficient (Wildman–Crippen LogP) is 5.10. The van der Waals surface area contributed by atoms with Gasteiger partial charge in [-0.15, -0.1) is 11.3 Å². The van der Waals surface area contributed by atoms with Crippen LogP contribution in [0, 0.1) is 0 Å². The number of thiazole rings is 1. The summed E-state index contributed by atoms with van der Waals surface area (Å²) in [6.07, 6.45) is 8.00. The first-order valence-corrected chi connectivity index (χ1v) is 18.1. The number of nitrogens with one attached hydrogen (secondary N) is 2. The fraction of sp³-hybridized carbons (Fsp3) is 0.407. The number of benzene rings is 2. The molecule has 0 aliphatic heterocycles. The molecule has 0 bridgehead atoms. The average molecular weight is 670 g/mol. The predicted molar refractivity (Wildman–Crippen MR) is 162 cm³/mol. The molecule has 2 aromatic carbocycles. The number of halogens is 1. The maximum atomic E-state index is 12.3. The first-order chi connectivity index (χ1) is 19.1. The lowest BCUT2D eigenvalue weighted by atomic mass is 10.2. The van der Waals surface area contributed by atoms with Crippen molar-refractivity contribution in [1.82, 2.24) is 14.4 Å². The highest BCUT2D eigenvalue weighted by Crippen LogP contribution is 2.25. The minimum absolute atomic E-state index is 0.0499. The van der Waals surface area contributed by atoms with Crippen LogP contribution in [-0.2, 0) is 20.0 Å². The van der Waals surface area contributed by atoms with Gasteiger partial charge in [0, 0.05) is 28.6 Å². The summed E-state index contributed by atoms with van der Waals surface area (Å²) in [7, 11) is -6.90. The van der Waals surface area contributed by atoms with Gasteiger partial charge in [0.1, 0.15) is 0 Å². The molecule has 13 heteroatoms. The zero-order chi connectivity index (χ0) is 28.8. The maximum absolute atomic E-state index is 12.3. The number of nitrogens with two attached hydrogens (primary N) is 1. The van der Waals surface area contributed by atoms with Crippen molar-refractivity contribution in [3.05, 3.63) is 59.5 Å². The Morgan fingerprint density at radius 1 is 0.825 bits per heavy atom. The van der Waals surface area contributed by atoms with Crippen LogP contribution in [0.2, 0.25) is 0 Å². The Morgan fingerprint density at radius 2 is 1.27 bits per heavy atom. The normalized spacial score (nSPS) is 16.5. The van der Waals surface area contributed by atoms with E-state index in [1.807, 2.05) is 5.38 Å². The van der Waals surface area contributed by atoms with Gasteiger partial charge in [0.05, 0.1) is 20.8 Å². The van der Waals surface area contributed by atoms with Gasteiger partial charge >= 0.3 is 0 Å². The highest BCUT2D eigenvalue weighted by molar-refractivity contribution is 9.09. The molecule has 5 rings (SSSR count). The van der Waals surface area contributed by atoms with Crippen LogP contribution in [0.25, 0.3) is 11.3 Å². The second-order valence-corrected chi connectivity index (χ2v) is 14.8. The van der Waals surface area contributed by atoms with E-state index in [0.717, 1.165) is 62.6 Å². The van der Waals surface area contributed by atoms with Crippen LogP contribution in [0.1, 0.15) is 61.7 Å². The van der Waals surface area contributed by atoms with E-state index in [9.17, 15) is 21.6 Å².